The molecule has 0 radical (unpaired) electrons. The maximum absolute atomic E-state index is 12.7. The zero-order valence-electron chi connectivity index (χ0n) is 21.1. The molecule has 2 amide bonds. The van der Waals surface area contributed by atoms with Crippen LogP contribution in [0.1, 0.15) is 56.6 Å². The normalized spacial score (nSPS) is 15.8. The molecule has 184 valence electrons. The molecule has 1 atom stereocenters. The summed E-state index contributed by atoms with van der Waals surface area (Å²) in [7, 11) is 1.28. The highest BCUT2D eigenvalue weighted by Gasteiger charge is 2.32. The van der Waals surface area contributed by atoms with Crippen molar-refractivity contribution in [3.63, 3.8) is 0 Å². The van der Waals surface area contributed by atoms with Crippen LogP contribution < -0.4 is 5.32 Å². The van der Waals surface area contributed by atoms with Gasteiger partial charge in [0.15, 0.2) is 0 Å². The van der Waals surface area contributed by atoms with E-state index in [-0.39, 0.29) is 23.9 Å². The number of H-pyrrole nitrogens is 1. The van der Waals surface area contributed by atoms with Gasteiger partial charge >= 0.3 is 6.09 Å². The van der Waals surface area contributed by atoms with Crippen molar-refractivity contribution in [2.45, 2.75) is 52.0 Å². The highest BCUT2D eigenvalue weighted by molar-refractivity contribution is 5.82. The van der Waals surface area contributed by atoms with Gasteiger partial charge in [0.25, 0.3) is 0 Å². The number of benzene rings is 2. The lowest BCUT2D eigenvalue weighted by Crippen LogP contribution is -2.40. The van der Waals surface area contributed by atoms with Gasteiger partial charge in [0.2, 0.25) is 5.91 Å². The van der Waals surface area contributed by atoms with Crippen molar-refractivity contribution in [1.82, 2.24) is 20.2 Å². The molecule has 1 aromatic heterocycles. The minimum atomic E-state index is -0.613. The van der Waals surface area contributed by atoms with Gasteiger partial charge in [0, 0.05) is 12.1 Å². The minimum Gasteiger partial charge on any atom is -0.453 e. The number of alkyl carbamates (subject to hydrolysis) is 1. The zero-order chi connectivity index (χ0) is 25.2. The Kier molecular flexibility index (Phi) is 6.96. The largest absolute Gasteiger partial charge is 0.453 e. The van der Waals surface area contributed by atoms with Gasteiger partial charge in [-0.2, -0.15) is 0 Å². The number of aromatic amines is 1. The van der Waals surface area contributed by atoms with Gasteiger partial charge in [-0.1, -0.05) is 57.2 Å². The molecule has 0 bridgehead atoms. The van der Waals surface area contributed by atoms with E-state index in [1.165, 1.54) is 29.4 Å². The summed E-state index contributed by atoms with van der Waals surface area (Å²) >= 11 is 0. The summed E-state index contributed by atoms with van der Waals surface area (Å²) in [4.78, 5) is 33.8. The van der Waals surface area contributed by atoms with Crippen LogP contribution in [0.2, 0.25) is 0 Å². The van der Waals surface area contributed by atoms with Gasteiger partial charge < -0.3 is 19.9 Å². The molecular weight excluding hydrogens is 440 g/mol. The van der Waals surface area contributed by atoms with Gasteiger partial charge in [0.05, 0.1) is 25.0 Å². The molecule has 7 nitrogen and oxygen atoms in total. The van der Waals surface area contributed by atoms with Gasteiger partial charge in [-0.15, -0.1) is 0 Å². The number of hydrogen-bond donors (Lipinski definition) is 2. The molecule has 1 aliphatic heterocycles. The number of amides is 2. The lowest BCUT2D eigenvalue weighted by molar-refractivity contribution is -0.131. The summed E-state index contributed by atoms with van der Waals surface area (Å²) in [6.45, 7) is 9.34. The average Bonchev–Trinajstić information content (AvgIpc) is 3.52. The predicted molar refractivity (Wildman–Crippen MR) is 137 cm³/mol. The number of methoxy groups -OCH3 is 1. The van der Waals surface area contributed by atoms with Crippen molar-refractivity contribution in [3.8, 4) is 22.4 Å². The number of ether oxygens (including phenoxy) is 1. The van der Waals surface area contributed by atoms with E-state index in [0.29, 0.717) is 6.54 Å². The first-order chi connectivity index (χ1) is 16.7. The number of aromatic nitrogens is 2. The van der Waals surface area contributed by atoms with Crippen LogP contribution in [-0.2, 0) is 14.9 Å². The van der Waals surface area contributed by atoms with E-state index in [9.17, 15) is 9.59 Å². The minimum absolute atomic E-state index is 0.0912. The number of carbonyl (C=O) groups is 2. The Hall–Kier alpha value is -3.61. The molecule has 2 aromatic carbocycles. The molecule has 4 rings (SSSR count). The molecule has 35 heavy (non-hydrogen) atoms. The molecule has 1 aliphatic rings. The van der Waals surface area contributed by atoms with Crippen LogP contribution in [0.3, 0.4) is 0 Å². The Bertz CT molecular complexity index is 1210. The Labute approximate surface area is 206 Å². The number of carbonyl (C=O) groups excluding carboxylic acids is 2. The fourth-order valence-corrected chi connectivity index (χ4v) is 4.57. The number of imidazole rings is 1. The molecule has 0 spiro atoms. The van der Waals surface area contributed by atoms with E-state index in [2.05, 4.69) is 90.2 Å². The second-order valence-electron chi connectivity index (χ2n) is 10.1. The fourth-order valence-electron chi connectivity index (χ4n) is 4.57. The van der Waals surface area contributed by atoms with Crippen LogP contribution in [0.5, 0.6) is 0 Å². The van der Waals surface area contributed by atoms with E-state index in [1.54, 1.807) is 4.90 Å². The quantitative estimate of drug-likeness (QED) is 0.520. The second-order valence-corrected chi connectivity index (χ2v) is 10.1. The summed E-state index contributed by atoms with van der Waals surface area (Å²) in [5, 5.41) is 2.47. The highest BCUT2D eigenvalue weighted by Crippen LogP contribution is 2.34. The first-order valence-electron chi connectivity index (χ1n) is 12.1. The van der Waals surface area contributed by atoms with E-state index in [1.807, 2.05) is 6.20 Å². The number of rotatable bonds is 5. The molecule has 1 fully saturated rings. The monoisotopic (exact) mass is 474 g/mol. The van der Waals surface area contributed by atoms with Crippen molar-refractivity contribution in [3.05, 3.63) is 65.6 Å². The molecular formula is C28H34N4O3. The van der Waals surface area contributed by atoms with Crippen LogP contribution in [0.25, 0.3) is 22.4 Å². The molecule has 7 heteroatoms. The lowest BCUT2D eigenvalue weighted by atomic mass is 9.86. The first kappa shape index (κ1) is 24.5. The predicted octanol–water partition coefficient (Wildman–Crippen LogP) is 5.37. The number of aryl methyl sites for hydroxylation is 1. The van der Waals surface area contributed by atoms with E-state index >= 15 is 0 Å². The third kappa shape index (κ3) is 5.39. The number of likely N-dealkylation sites (tertiary alicyclic amines) is 1. The van der Waals surface area contributed by atoms with Crippen LogP contribution >= 0.6 is 0 Å². The van der Waals surface area contributed by atoms with Gasteiger partial charge in [-0.3, -0.25) is 4.79 Å². The molecule has 3 aromatic rings. The summed E-state index contributed by atoms with van der Waals surface area (Å²) in [6, 6.07) is 15.1. The van der Waals surface area contributed by atoms with Crippen LogP contribution in [0.4, 0.5) is 4.79 Å². The zero-order valence-corrected chi connectivity index (χ0v) is 21.1. The molecule has 1 saturated heterocycles. The SMILES string of the molecule is COC(=O)NCC(=O)N1CCC[C@H]1c1ncc(-c2ccc(C)c(-c3ccc(C(C)(C)C)cc3)c2)[nH]1. The number of hydrogen-bond acceptors (Lipinski definition) is 4. The maximum atomic E-state index is 12.7. The highest BCUT2D eigenvalue weighted by atomic mass is 16.5. The van der Waals surface area contributed by atoms with E-state index in [4.69, 9.17) is 0 Å². The fraction of sp³-hybridized carbons (Fsp3) is 0.393. The van der Waals surface area contributed by atoms with Crippen LogP contribution in [0.15, 0.2) is 48.7 Å². The summed E-state index contributed by atoms with van der Waals surface area (Å²) < 4.78 is 4.56. The Balaban J connectivity index is 1.55. The smallest absolute Gasteiger partial charge is 0.407 e. The van der Waals surface area contributed by atoms with Crippen molar-refractivity contribution >= 4 is 12.0 Å². The standard InChI is InChI=1S/C28H34N4O3/c1-18-8-9-20(15-22(18)19-10-12-21(13-11-19)28(2,3)4)23-16-29-26(31-23)24-7-6-14-32(24)25(33)17-30-27(34)35-5/h8-13,15-16,24H,6-7,14,17H2,1-5H3,(H,29,31)(H,30,34)/t24-/m0/s1. The van der Waals surface area contributed by atoms with Gasteiger partial charge in [-0.05, 0) is 53.5 Å². The van der Waals surface area contributed by atoms with Crippen molar-refractivity contribution in [2.24, 2.45) is 0 Å². The first-order valence-corrected chi connectivity index (χ1v) is 12.1. The lowest BCUT2D eigenvalue weighted by Gasteiger charge is -2.23. The molecule has 0 saturated carbocycles. The maximum Gasteiger partial charge on any atom is 0.407 e. The topological polar surface area (TPSA) is 87.3 Å². The second kappa shape index (κ2) is 9.94. The summed E-state index contributed by atoms with van der Waals surface area (Å²) in [5.74, 6) is 0.618. The van der Waals surface area contributed by atoms with Crippen LogP contribution in [0, 0.1) is 6.92 Å². The molecule has 0 aliphatic carbocycles. The summed E-state index contributed by atoms with van der Waals surface area (Å²) in [5.41, 5.74) is 6.97. The molecule has 0 unspecified atom stereocenters. The van der Waals surface area contributed by atoms with E-state index in [0.717, 1.165) is 29.9 Å². The Morgan fingerprint density at radius 3 is 2.54 bits per heavy atom. The third-order valence-corrected chi connectivity index (χ3v) is 6.66. The van der Waals surface area contributed by atoms with Gasteiger partial charge in [-0.25, -0.2) is 9.78 Å². The third-order valence-electron chi connectivity index (χ3n) is 6.66. The van der Waals surface area contributed by atoms with E-state index < -0.39 is 6.09 Å². The number of nitrogens with one attached hydrogen (secondary N) is 2. The van der Waals surface area contributed by atoms with Crippen LogP contribution in [-0.4, -0.2) is 47.1 Å². The van der Waals surface area contributed by atoms with Crippen molar-refractivity contribution < 1.29 is 14.3 Å². The Morgan fingerprint density at radius 2 is 1.86 bits per heavy atom. The molecule has 2 heterocycles. The number of nitrogens with zero attached hydrogens (tertiary/aromatic N) is 2. The van der Waals surface area contributed by atoms with Crippen molar-refractivity contribution in [2.75, 3.05) is 20.2 Å². The van der Waals surface area contributed by atoms with Gasteiger partial charge in [0.1, 0.15) is 12.4 Å². The van der Waals surface area contributed by atoms with Crippen molar-refractivity contribution in [1.29, 1.82) is 0 Å². The summed E-state index contributed by atoms with van der Waals surface area (Å²) in [6.07, 6.45) is 2.94. The average molecular weight is 475 g/mol. The Morgan fingerprint density at radius 1 is 1.14 bits per heavy atom. The molecule has 2 N–H and O–H groups in total.